The Morgan fingerprint density at radius 2 is 0.972 bits per heavy atom. The number of benzene rings is 3. The largest absolute Gasteiger partial charge is 1.00 e. The van der Waals surface area contributed by atoms with Gasteiger partial charge in [-0.3, -0.25) is 22.7 Å². The number of quaternary nitrogens is 1. The molecular formula is C53H112ClNO13P2S2. The molecule has 1 atom stereocenters. The SMILES string of the molecule is C.CC.CC.CC.CC.CC.CC(=O)c1ccccc1.CCC.CCC.CCCS(=O)(=O)O.CCOP(C)(=O)OCC.CC[NH2+]C.CP(=O)(O)O.Cc1ccc(S(C)=O)cc1.Cc1ccccc1C(=O)O.[Cl-]. The maximum Gasteiger partial charge on any atom is 0.335 e. The number of halogens is 1. The number of rotatable bonds is 10. The highest BCUT2D eigenvalue weighted by molar-refractivity contribution is 7.85. The maximum atomic E-state index is 11.0. The molecule has 72 heavy (non-hydrogen) atoms. The molecule has 0 spiro atoms. The van der Waals surface area contributed by atoms with Crippen molar-refractivity contribution in [2.75, 3.05) is 52.1 Å². The van der Waals surface area contributed by atoms with Crippen molar-refractivity contribution in [1.82, 2.24) is 0 Å². The molecule has 0 aliphatic rings. The summed E-state index contributed by atoms with van der Waals surface area (Å²) in [6.45, 7) is 45.6. The number of aryl methyl sites for hydroxylation is 2. The summed E-state index contributed by atoms with van der Waals surface area (Å²) in [7, 11) is -8.79. The number of aromatic carboxylic acids is 1. The average molecular weight is 1130 g/mol. The second-order valence-corrected chi connectivity index (χ2v) is 18.9. The van der Waals surface area contributed by atoms with Crippen LogP contribution in [0.1, 0.15) is 190 Å². The van der Waals surface area contributed by atoms with Crippen LogP contribution in [0.25, 0.3) is 0 Å². The number of carbonyl (C=O) groups is 2. The Morgan fingerprint density at radius 1 is 0.667 bits per heavy atom. The summed E-state index contributed by atoms with van der Waals surface area (Å²) < 4.78 is 68.3. The van der Waals surface area contributed by atoms with E-state index in [1.807, 2.05) is 137 Å². The lowest BCUT2D eigenvalue weighted by Gasteiger charge is -2.10. The quantitative estimate of drug-likeness (QED) is 0.0723. The number of ketones is 1. The highest BCUT2D eigenvalue weighted by Gasteiger charge is 2.13. The van der Waals surface area contributed by atoms with Gasteiger partial charge in [-0.1, -0.05) is 190 Å². The minimum atomic E-state index is -3.67. The molecule has 0 aliphatic heterocycles. The van der Waals surface area contributed by atoms with Gasteiger partial charge in [0, 0.05) is 40.8 Å². The van der Waals surface area contributed by atoms with Crippen LogP contribution in [0.15, 0.2) is 83.8 Å². The summed E-state index contributed by atoms with van der Waals surface area (Å²) in [4.78, 5) is 37.2. The number of hydrogen-bond donors (Lipinski definition) is 5. The van der Waals surface area contributed by atoms with Crippen molar-refractivity contribution in [1.29, 1.82) is 0 Å². The van der Waals surface area contributed by atoms with Crippen molar-refractivity contribution in [2.24, 2.45) is 0 Å². The molecular weight excluding hydrogens is 1020 g/mol. The monoisotopic (exact) mass is 1130 g/mol. The molecule has 0 radical (unpaired) electrons. The summed E-state index contributed by atoms with van der Waals surface area (Å²) in [6.07, 6.45) is 4.66. The van der Waals surface area contributed by atoms with E-state index in [9.17, 15) is 31.3 Å². The number of carboxylic acids is 1. The van der Waals surface area contributed by atoms with Crippen LogP contribution in [0, 0.1) is 13.8 Å². The van der Waals surface area contributed by atoms with Crippen molar-refractivity contribution >= 4 is 47.9 Å². The van der Waals surface area contributed by atoms with Crippen molar-refractivity contribution < 1.29 is 77.6 Å². The maximum absolute atomic E-state index is 11.0. The Balaban J connectivity index is -0.0000000492. The summed E-state index contributed by atoms with van der Waals surface area (Å²) in [6, 6.07) is 23.9. The van der Waals surface area contributed by atoms with E-state index in [-0.39, 0.29) is 31.4 Å². The van der Waals surface area contributed by atoms with Crippen LogP contribution >= 0.6 is 15.2 Å². The van der Waals surface area contributed by atoms with E-state index in [4.69, 9.17) is 28.5 Å². The van der Waals surface area contributed by atoms with Crippen molar-refractivity contribution in [3.63, 3.8) is 0 Å². The van der Waals surface area contributed by atoms with E-state index < -0.39 is 42.1 Å². The van der Waals surface area contributed by atoms with Gasteiger partial charge < -0.3 is 41.7 Å². The fourth-order valence-corrected chi connectivity index (χ4v) is 5.03. The normalized spacial score (nSPS) is 9.00. The third-order valence-corrected chi connectivity index (χ3v) is 8.82. The third-order valence-electron chi connectivity index (χ3n) is 5.51. The zero-order valence-corrected chi connectivity index (χ0v) is 53.3. The molecule has 0 bridgehead atoms. The Bertz CT molecular complexity index is 1680. The van der Waals surface area contributed by atoms with E-state index in [1.165, 1.54) is 31.6 Å². The van der Waals surface area contributed by atoms with E-state index in [1.54, 1.807) is 59.1 Å². The Labute approximate surface area is 453 Å². The van der Waals surface area contributed by atoms with Gasteiger partial charge in [0.1, 0.15) is 0 Å². The van der Waals surface area contributed by atoms with Gasteiger partial charge in [0.15, 0.2) is 5.78 Å². The first kappa shape index (κ1) is 102. The fraction of sp³-hybridized carbons (Fsp3) is 0.623. The standard InChI is InChI=1S/C8H8O2.C8H10OS.C8H8O.C5H13O3P.C3H9N.C3H8O3S.2C3H8.5C2H6.CH5O3P.CH4.ClH/c1-6-4-2-3-5-7(6)8(9)10;1-7-3-5-8(6-4-7)10(2)9;1-7(9)8-5-3-2-4-6-8;1-4-7-9(3,6)8-5-2;1-3-4-2;1-2-3-7(4,5)6;2*1-3-2;5*1-2;1-5(2,3)4;;/h2-5H,1H3,(H,9,10);3-6H,1-2H3;2-6H,1H3;4-5H2,1-3H3;4H,3H2,1-2H3;2-3H2,1H3,(H,4,5,6);2*3H2,1-2H3;5*1-2H3;1H3,(H2,2,3,4);1H4;1H. The summed E-state index contributed by atoms with van der Waals surface area (Å²) in [5.74, 6) is -0.874. The van der Waals surface area contributed by atoms with E-state index in [2.05, 4.69) is 47.0 Å². The van der Waals surface area contributed by atoms with Crippen molar-refractivity contribution in [2.45, 2.75) is 177 Å². The van der Waals surface area contributed by atoms with Crippen molar-refractivity contribution in [3.8, 4) is 0 Å². The first-order valence-electron chi connectivity index (χ1n) is 24.5. The molecule has 19 heteroatoms. The summed E-state index contributed by atoms with van der Waals surface area (Å²) >= 11 is 0. The number of nitrogens with two attached hydrogens (primary N) is 1. The molecule has 0 heterocycles. The van der Waals surface area contributed by atoms with Gasteiger partial charge in [-0.15, -0.1) is 0 Å². The molecule has 436 valence electrons. The van der Waals surface area contributed by atoms with Gasteiger partial charge in [-0.2, -0.15) is 8.42 Å². The second kappa shape index (κ2) is 79.8. The van der Waals surface area contributed by atoms with Crippen LogP contribution in [0.5, 0.6) is 0 Å². The van der Waals surface area contributed by atoms with Gasteiger partial charge in [0.25, 0.3) is 10.1 Å². The van der Waals surface area contributed by atoms with Gasteiger partial charge in [0.05, 0.1) is 38.1 Å². The van der Waals surface area contributed by atoms with Crippen LogP contribution in [-0.2, 0) is 39.1 Å². The van der Waals surface area contributed by atoms with Crippen LogP contribution in [-0.4, -0.2) is 96.0 Å². The molecule has 0 amide bonds. The molecule has 0 aromatic heterocycles. The smallest absolute Gasteiger partial charge is 0.335 e. The molecule has 3 aromatic carbocycles. The predicted octanol–water partition coefficient (Wildman–Crippen LogP) is 12.1. The Kier molecular flexibility index (Phi) is 113. The van der Waals surface area contributed by atoms with E-state index >= 15 is 0 Å². The highest BCUT2D eigenvalue weighted by Crippen LogP contribution is 2.43. The van der Waals surface area contributed by atoms with Gasteiger partial charge in [-0.05, 0) is 71.7 Å². The Morgan fingerprint density at radius 3 is 1.15 bits per heavy atom. The first-order valence-corrected chi connectivity index (χ1v) is 31.7. The summed E-state index contributed by atoms with van der Waals surface area (Å²) in [5, 5.41) is 10.7. The van der Waals surface area contributed by atoms with Crippen LogP contribution in [0.2, 0.25) is 0 Å². The molecule has 0 fully saturated rings. The number of Topliss-reactive ketones (excluding diaryl/α,β-unsaturated/α-hetero) is 1. The number of hydrogen-bond acceptors (Lipinski definition) is 9. The molecule has 3 rings (SSSR count). The van der Waals surface area contributed by atoms with Gasteiger partial charge in [-0.25, -0.2) is 4.79 Å². The second-order valence-electron chi connectivity index (χ2n) is 12.3. The van der Waals surface area contributed by atoms with Crippen molar-refractivity contribution in [3.05, 3.63) is 101 Å². The molecule has 6 N–H and O–H groups in total. The summed E-state index contributed by atoms with van der Waals surface area (Å²) in [5.41, 5.74) is 3.16. The van der Waals surface area contributed by atoms with E-state index in [0.29, 0.717) is 25.2 Å². The van der Waals surface area contributed by atoms with Crippen LogP contribution in [0.3, 0.4) is 0 Å². The lowest BCUT2D eigenvalue weighted by Crippen LogP contribution is -3.00. The highest BCUT2D eigenvalue weighted by atomic mass is 35.5. The van der Waals surface area contributed by atoms with Crippen LogP contribution in [0.4, 0.5) is 0 Å². The molecule has 1 unspecified atom stereocenters. The van der Waals surface area contributed by atoms with Gasteiger partial charge in [0.2, 0.25) is 0 Å². The van der Waals surface area contributed by atoms with Gasteiger partial charge >= 0.3 is 21.2 Å². The predicted molar refractivity (Wildman–Crippen MR) is 313 cm³/mol. The zero-order valence-electron chi connectivity index (χ0n) is 49.1. The number of carbonyl (C=O) groups excluding carboxylic acids is 1. The molecule has 3 aromatic rings. The zero-order chi connectivity index (χ0) is 58.4. The number of carboxylic acid groups (broad SMARTS) is 1. The lowest BCUT2D eigenvalue weighted by molar-refractivity contribution is -0.623. The molecule has 0 aliphatic carbocycles. The topological polar surface area (TPSA) is 235 Å². The first-order chi connectivity index (χ1) is 32.6. The van der Waals surface area contributed by atoms with E-state index in [0.717, 1.165) is 22.7 Å². The minimum absolute atomic E-state index is 0. The fourth-order valence-electron chi connectivity index (χ4n) is 2.98. The third kappa shape index (κ3) is 112. The molecule has 0 saturated heterocycles. The average Bonchev–Trinajstić information content (AvgIpc) is 3.31. The lowest BCUT2D eigenvalue weighted by atomic mass is 10.1. The van der Waals surface area contributed by atoms with Crippen LogP contribution < -0.4 is 17.7 Å². The molecule has 0 saturated carbocycles. The molecule has 14 nitrogen and oxygen atoms in total. The Hall–Kier alpha value is -2.59. The minimum Gasteiger partial charge on any atom is -1.00 e.